The minimum absolute atomic E-state index is 0.0850. The van der Waals surface area contributed by atoms with Gasteiger partial charge in [0.25, 0.3) is 5.79 Å². The molecule has 0 aliphatic carbocycles. The fourth-order valence-corrected chi connectivity index (χ4v) is 3.25. The van der Waals surface area contributed by atoms with E-state index in [9.17, 15) is 24.3 Å². The van der Waals surface area contributed by atoms with E-state index in [-0.39, 0.29) is 11.8 Å². The number of halogens is 1. The summed E-state index contributed by atoms with van der Waals surface area (Å²) in [7, 11) is 0. The summed E-state index contributed by atoms with van der Waals surface area (Å²) in [4.78, 5) is 47.6. The number of aliphatic hydroxyl groups excluding tert-OH is 1. The third-order valence-corrected chi connectivity index (χ3v) is 3.87. The zero-order valence-electron chi connectivity index (χ0n) is 18.3. The molecule has 1 fully saturated rings. The zero-order chi connectivity index (χ0) is 23.6. The number of aliphatic hydroxyl groups is 1. The van der Waals surface area contributed by atoms with Crippen molar-refractivity contribution in [3.63, 3.8) is 0 Å². The molecule has 0 saturated carbocycles. The largest absolute Gasteiger partial charge is 0.456 e. The predicted molar refractivity (Wildman–Crippen MR) is 91.5 cm³/mol. The van der Waals surface area contributed by atoms with Crippen LogP contribution in [0.1, 0.15) is 39.5 Å². The van der Waals surface area contributed by atoms with Crippen molar-refractivity contribution in [2.75, 3.05) is 11.9 Å². The minimum Gasteiger partial charge on any atom is -0.456 e. The van der Waals surface area contributed by atoms with Gasteiger partial charge in [-0.1, -0.05) is 15.9 Å². The summed E-state index contributed by atoms with van der Waals surface area (Å²) in [6, 6.07) is 0. The van der Waals surface area contributed by atoms with Crippen molar-refractivity contribution in [2.45, 2.75) is 64.2 Å². The Morgan fingerprint density at radius 2 is 1.56 bits per heavy atom. The van der Waals surface area contributed by atoms with E-state index in [0.717, 1.165) is 0 Å². The minimum atomic E-state index is -2.18. The van der Waals surface area contributed by atoms with Crippen LogP contribution in [0.15, 0.2) is 0 Å². The van der Waals surface area contributed by atoms with Gasteiger partial charge >= 0.3 is 23.9 Å². The molecule has 0 aromatic rings. The average molecular weight is 459 g/mol. The van der Waals surface area contributed by atoms with E-state index in [0.29, 0.717) is 0 Å². The van der Waals surface area contributed by atoms with Gasteiger partial charge in [0.05, 0.1) is 6.61 Å². The first-order valence-corrected chi connectivity index (χ1v) is 8.65. The van der Waals surface area contributed by atoms with Gasteiger partial charge in [-0.25, -0.2) is 0 Å². The molecule has 10 nitrogen and oxygen atoms in total. The highest BCUT2D eigenvalue weighted by Crippen LogP contribution is 2.39. The number of rotatable bonds is 7. The van der Waals surface area contributed by atoms with Crippen LogP contribution in [0.5, 0.6) is 0 Å². The second kappa shape index (κ2) is 10.00. The van der Waals surface area contributed by atoms with Crippen LogP contribution >= 0.6 is 15.9 Å². The summed E-state index contributed by atoms with van der Waals surface area (Å²) >= 11 is 3.13. The van der Waals surface area contributed by atoms with Gasteiger partial charge in [0.15, 0.2) is 12.2 Å². The number of carbonyl (C=O) groups excluding carboxylic acids is 4. The molecule has 1 saturated heterocycles. The summed E-state index contributed by atoms with van der Waals surface area (Å²) in [6.07, 6.45) is -6.77. The Hall–Kier alpha value is -1.72. The average Bonchev–Trinajstić information content (AvgIpc) is 2.76. The van der Waals surface area contributed by atoms with E-state index in [1.807, 2.05) is 0 Å². The maximum Gasteiger partial charge on any atom is 0.305 e. The molecular formula is C16H23BrO10. The van der Waals surface area contributed by atoms with Crippen LogP contribution < -0.4 is 0 Å². The molecule has 1 N–H and O–H groups in total. The van der Waals surface area contributed by atoms with Crippen LogP contribution in [0.2, 0.25) is 0 Å². The molecule has 11 heteroatoms. The molecule has 0 radical (unpaired) electrons. The second-order valence-electron chi connectivity index (χ2n) is 5.38. The third kappa shape index (κ3) is 6.15. The van der Waals surface area contributed by atoms with Gasteiger partial charge in [-0.3, -0.25) is 19.2 Å². The van der Waals surface area contributed by atoms with Gasteiger partial charge in [-0.05, 0) is 0 Å². The molecule has 0 bridgehead atoms. The summed E-state index contributed by atoms with van der Waals surface area (Å²) in [5.41, 5.74) is 0. The van der Waals surface area contributed by atoms with Crippen LogP contribution in [-0.2, 0) is 42.9 Å². The van der Waals surface area contributed by atoms with Crippen molar-refractivity contribution in [1.29, 1.82) is 0 Å². The highest BCUT2D eigenvalue weighted by molar-refractivity contribution is 9.09. The molecular weight excluding hydrogens is 432 g/mol. The summed E-state index contributed by atoms with van der Waals surface area (Å²) < 4.78 is 55.0. The van der Waals surface area contributed by atoms with Crippen molar-refractivity contribution in [1.82, 2.24) is 0 Å². The van der Waals surface area contributed by atoms with E-state index in [1.165, 1.54) is 0 Å². The number of alkyl halides is 1. The number of ether oxygens (including phenoxy) is 5. The SMILES string of the molecule is [2H]CC(=O)O[C@H]1[C@H](OC(=O)C[2H])[C@@H](CO)OC(CCBr)(OC(=O)C[2H])[C@@H]1OC(=O)C[2H]. The molecule has 154 valence electrons. The van der Waals surface area contributed by atoms with E-state index >= 15 is 0 Å². The summed E-state index contributed by atoms with van der Waals surface area (Å²) in [6.45, 7) is -4.23. The van der Waals surface area contributed by atoms with Crippen LogP contribution in [0.25, 0.3) is 0 Å². The van der Waals surface area contributed by atoms with Crippen LogP contribution in [-0.4, -0.2) is 71.1 Å². The molecule has 1 heterocycles. The summed E-state index contributed by atoms with van der Waals surface area (Å²) in [5, 5.41) is 9.88. The lowest BCUT2D eigenvalue weighted by Gasteiger charge is -2.49. The molecule has 27 heavy (non-hydrogen) atoms. The Balaban J connectivity index is 3.60. The maximum atomic E-state index is 12.0. The van der Waals surface area contributed by atoms with Gasteiger partial charge in [0, 0.05) is 44.8 Å². The normalized spacial score (nSPS) is 32.1. The Morgan fingerprint density at radius 1 is 1.00 bits per heavy atom. The zero-order valence-corrected chi connectivity index (χ0v) is 15.8. The molecule has 1 aliphatic heterocycles. The van der Waals surface area contributed by atoms with Crippen LogP contribution in [0.3, 0.4) is 0 Å². The van der Waals surface area contributed by atoms with E-state index in [4.69, 9.17) is 29.2 Å². The maximum absolute atomic E-state index is 12.0. The van der Waals surface area contributed by atoms with Crippen LogP contribution in [0, 0.1) is 0 Å². The predicted octanol–water partition coefficient (Wildman–Crippen LogP) is 0.217. The lowest BCUT2D eigenvalue weighted by atomic mass is 9.90. The van der Waals surface area contributed by atoms with Gasteiger partial charge in [-0.15, -0.1) is 0 Å². The third-order valence-electron chi connectivity index (χ3n) is 3.48. The van der Waals surface area contributed by atoms with Crippen molar-refractivity contribution in [2.24, 2.45) is 0 Å². The van der Waals surface area contributed by atoms with Crippen LogP contribution in [0.4, 0.5) is 0 Å². The number of esters is 4. The van der Waals surface area contributed by atoms with Gasteiger partial charge in [0.2, 0.25) is 6.10 Å². The van der Waals surface area contributed by atoms with E-state index in [2.05, 4.69) is 15.9 Å². The van der Waals surface area contributed by atoms with E-state index < -0.39 is 88.3 Å². The quantitative estimate of drug-likeness (QED) is 0.320. The van der Waals surface area contributed by atoms with Gasteiger partial charge in [-0.2, -0.15) is 0 Å². The number of hydrogen-bond donors (Lipinski definition) is 1. The highest BCUT2D eigenvalue weighted by atomic mass is 79.9. The topological polar surface area (TPSA) is 135 Å². The molecule has 1 rings (SSSR count). The van der Waals surface area contributed by atoms with Crippen molar-refractivity contribution in [3.05, 3.63) is 0 Å². The Morgan fingerprint density at radius 3 is 2.07 bits per heavy atom. The molecule has 0 amide bonds. The molecule has 5 atom stereocenters. The molecule has 0 aromatic carbocycles. The molecule has 0 aromatic heterocycles. The van der Waals surface area contributed by atoms with Gasteiger partial charge < -0.3 is 28.8 Å². The Labute approximate surface area is 170 Å². The Kier molecular flexibility index (Phi) is 6.44. The molecule has 1 unspecified atom stereocenters. The smallest absolute Gasteiger partial charge is 0.305 e. The lowest BCUT2D eigenvalue weighted by Crippen LogP contribution is -2.69. The van der Waals surface area contributed by atoms with Gasteiger partial charge in [0.1, 0.15) is 6.10 Å². The number of carbonyl (C=O) groups is 4. The lowest BCUT2D eigenvalue weighted by molar-refractivity contribution is -0.353. The van der Waals surface area contributed by atoms with E-state index in [1.54, 1.807) is 0 Å². The fourth-order valence-electron chi connectivity index (χ4n) is 2.70. The Bertz CT molecular complexity index is 654. The summed E-state index contributed by atoms with van der Waals surface area (Å²) in [5.74, 6) is -6.62. The molecule has 0 spiro atoms. The molecule has 1 aliphatic rings. The second-order valence-corrected chi connectivity index (χ2v) is 6.18. The fraction of sp³-hybridized carbons (Fsp3) is 0.750. The van der Waals surface area contributed by atoms with Crippen molar-refractivity contribution < 1.29 is 53.5 Å². The first kappa shape index (κ1) is 17.4. The standard InChI is InChI=1S/C16H23BrO10/c1-8(19)23-13-12(7-18)27-16(5-6-17,26-11(4)22)15(25-10(3)21)14(13)24-9(2)20/h12-15,18H,5-7H2,1-4H3/t12-,13-,14+,15-,16?/m1/s1/i1D,2D,3D,4D. The first-order chi connectivity index (χ1) is 14.7. The van der Waals surface area contributed by atoms with Crippen molar-refractivity contribution in [3.8, 4) is 0 Å². The first-order valence-electron chi connectivity index (χ1n) is 10.4. The van der Waals surface area contributed by atoms with Crippen molar-refractivity contribution >= 4 is 39.8 Å². The number of hydrogen-bond acceptors (Lipinski definition) is 10. The highest BCUT2D eigenvalue weighted by Gasteiger charge is 2.61. The monoisotopic (exact) mass is 458 g/mol.